The molecule has 0 amide bonds. The fourth-order valence-electron chi connectivity index (χ4n) is 2.84. The Bertz CT molecular complexity index is 967. The molecule has 2 nitrogen and oxygen atoms in total. The topological polar surface area (TPSA) is 18.5 Å². The first kappa shape index (κ1) is 22.5. The molecule has 1 aliphatic rings. The lowest BCUT2D eigenvalue weighted by molar-refractivity contribution is -0.273. The molecular formula is C23H18F6O2. The van der Waals surface area contributed by atoms with E-state index in [-0.39, 0.29) is 11.5 Å². The van der Waals surface area contributed by atoms with Crippen molar-refractivity contribution in [3.63, 3.8) is 0 Å². The Morgan fingerprint density at radius 1 is 0.613 bits per heavy atom. The fraction of sp³-hybridized carbons (Fsp3) is 0.217. The summed E-state index contributed by atoms with van der Waals surface area (Å²) in [6, 6.07) is 10.4. The standard InChI is InChI=1S/C23H18F6O2/c1-13(2)15-5-9-17(10-6-15)30-19-20(22(26,27)23(28,29)21(19,24)25)31-18-11-7-16(8-12-18)14(3)4/h5-12H,1,3H2,2,4H3. The fourth-order valence-corrected chi connectivity index (χ4v) is 2.84. The minimum Gasteiger partial charge on any atom is -0.451 e. The van der Waals surface area contributed by atoms with Crippen LogP contribution in [0.1, 0.15) is 25.0 Å². The highest BCUT2D eigenvalue weighted by molar-refractivity contribution is 5.62. The predicted octanol–water partition coefficient (Wildman–Crippen LogP) is 7.34. The van der Waals surface area contributed by atoms with Crippen molar-refractivity contribution in [1.29, 1.82) is 0 Å². The SMILES string of the molecule is C=C(C)c1ccc(OC2=C(Oc3ccc(C(=C)C)cc3)C(F)(F)C(F)(F)C2(F)F)cc1. The molecule has 0 aliphatic heterocycles. The average Bonchev–Trinajstić information content (AvgIpc) is 2.79. The molecule has 0 unspecified atom stereocenters. The Labute approximate surface area is 175 Å². The molecule has 31 heavy (non-hydrogen) atoms. The highest BCUT2D eigenvalue weighted by atomic mass is 19.3. The number of hydrogen-bond donors (Lipinski definition) is 0. The molecule has 0 heterocycles. The largest absolute Gasteiger partial charge is 0.451 e. The predicted molar refractivity (Wildman–Crippen MR) is 105 cm³/mol. The van der Waals surface area contributed by atoms with Crippen molar-refractivity contribution < 1.29 is 35.8 Å². The zero-order chi connectivity index (χ0) is 23.2. The van der Waals surface area contributed by atoms with Crippen LogP contribution >= 0.6 is 0 Å². The van der Waals surface area contributed by atoms with Crippen molar-refractivity contribution in [2.24, 2.45) is 0 Å². The Hall–Kier alpha value is -3.16. The van der Waals surface area contributed by atoms with Crippen molar-refractivity contribution >= 4 is 11.1 Å². The third kappa shape index (κ3) is 3.71. The van der Waals surface area contributed by atoms with Gasteiger partial charge in [0.15, 0.2) is 0 Å². The lowest BCUT2D eigenvalue weighted by Gasteiger charge is -2.24. The zero-order valence-electron chi connectivity index (χ0n) is 16.6. The number of allylic oxidation sites excluding steroid dienone is 4. The van der Waals surface area contributed by atoms with Crippen molar-refractivity contribution in [1.82, 2.24) is 0 Å². The van der Waals surface area contributed by atoms with Crippen LogP contribution in [-0.2, 0) is 0 Å². The van der Waals surface area contributed by atoms with Gasteiger partial charge in [0.1, 0.15) is 11.5 Å². The van der Waals surface area contributed by atoms with E-state index in [4.69, 9.17) is 9.47 Å². The second-order valence-electron chi connectivity index (χ2n) is 7.19. The summed E-state index contributed by atoms with van der Waals surface area (Å²) in [6.07, 6.45) is 0. The van der Waals surface area contributed by atoms with Crippen LogP contribution in [0.2, 0.25) is 0 Å². The van der Waals surface area contributed by atoms with Gasteiger partial charge in [0.2, 0.25) is 11.5 Å². The molecule has 164 valence electrons. The lowest BCUT2D eigenvalue weighted by atomic mass is 10.1. The van der Waals surface area contributed by atoms with Crippen LogP contribution < -0.4 is 9.47 Å². The van der Waals surface area contributed by atoms with Crippen LogP contribution in [0.5, 0.6) is 11.5 Å². The molecule has 8 heteroatoms. The van der Waals surface area contributed by atoms with Crippen molar-refractivity contribution in [2.75, 3.05) is 0 Å². The van der Waals surface area contributed by atoms with Crippen LogP contribution in [0, 0.1) is 0 Å². The maximum Gasteiger partial charge on any atom is 0.387 e. The van der Waals surface area contributed by atoms with E-state index in [0.717, 1.165) is 0 Å². The maximum atomic E-state index is 14.4. The second kappa shape index (κ2) is 7.51. The molecular weight excluding hydrogens is 422 g/mol. The number of alkyl halides is 6. The number of halogens is 6. The summed E-state index contributed by atoms with van der Waals surface area (Å²) in [4.78, 5) is 0. The van der Waals surface area contributed by atoms with Gasteiger partial charge in [0.25, 0.3) is 0 Å². The van der Waals surface area contributed by atoms with Crippen molar-refractivity contribution in [2.45, 2.75) is 31.6 Å². The van der Waals surface area contributed by atoms with Gasteiger partial charge >= 0.3 is 17.8 Å². The van der Waals surface area contributed by atoms with Crippen molar-refractivity contribution in [3.05, 3.63) is 84.3 Å². The molecule has 0 spiro atoms. The van der Waals surface area contributed by atoms with Crippen LogP contribution in [0.3, 0.4) is 0 Å². The minimum atomic E-state index is -5.75. The smallest absolute Gasteiger partial charge is 0.387 e. The van der Waals surface area contributed by atoms with Crippen LogP contribution in [-0.4, -0.2) is 17.8 Å². The second-order valence-corrected chi connectivity index (χ2v) is 7.19. The molecule has 2 aromatic carbocycles. The van der Waals surface area contributed by atoms with Gasteiger partial charge in [0, 0.05) is 0 Å². The van der Waals surface area contributed by atoms with E-state index in [1.807, 2.05) is 0 Å². The van der Waals surface area contributed by atoms with Gasteiger partial charge in [-0.05, 0) is 49.2 Å². The molecule has 2 aromatic rings. The first-order chi connectivity index (χ1) is 14.3. The molecule has 3 rings (SSSR count). The summed E-state index contributed by atoms with van der Waals surface area (Å²) in [5, 5.41) is 0. The van der Waals surface area contributed by atoms with Gasteiger partial charge in [-0.3, -0.25) is 0 Å². The number of hydrogen-bond acceptors (Lipinski definition) is 2. The van der Waals surface area contributed by atoms with Crippen LogP contribution in [0.4, 0.5) is 26.3 Å². The Morgan fingerprint density at radius 2 is 0.903 bits per heavy atom. The third-order valence-corrected chi connectivity index (χ3v) is 4.70. The maximum absolute atomic E-state index is 14.4. The van der Waals surface area contributed by atoms with Gasteiger partial charge in [0.05, 0.1) is 0 Å². The summed E-state index contributed by atoms with van der Waals surface area (Å²) in [5.41, 5.74) is 2.56. The van der Waals surface area contributed by atoms with Gasteiger partial charge in [-0.1, -0.05) is 48.6 Å². The third-order valence-electron chi connectivity index (χ3n) is 4.70. The van der Waals surface area contributed by atoms with Gasteiger partial charge in [-0.2, -0.15) is 26.3 Å². The molecule has 0 bridgehead atoms. The van der Waals surface area contributed by atoms with E-state index in [2.05, 4.69) is 13.2 Å². The average molecular weight is 440 g/mol. The first-order valence-corrected chi connectivity index (χ1v) is 9.05. The van der Waals surface area contributed by atoms with Crippen LogP contribution in [0.15, 0.2) is 73.2 Å². The van der Waals surface area contributed by atoms with Crippen molar-refractivity contribution in [3.8, 4) is 11.5 Å². The summed E-state index contributed by atoms with van der Waals surface area (Å²) in [5.74, 6) is -20.9. The molecule has 0 radical (unpaired) electrons. The molecule has 0 aromatic heterocycles. The molecule has 0 N–H and O–H groups in total. The summed E-state index contributed by atoms with van der Waals surface area (Å²) in [7, 11) is 0. The first-order valence-electron chi connectivity index (χ1n) is 9.05. The highest BCUT2D eigenvalue weighted by Gasteiger charge is 2.83. The number of benzene rings is 2. The highest BCUT2D eigenvalue weighted by Crippen LogP contribution is 2.59. The van der Waals surface area contributed by atoms with E-state index >= 15 is 0 Å². The van der Waals surface area contributed by atoms with Gasteiger partial charge in [-0.25, -0.2) is 0 Å². The number of rotatable bonds is 6. The van der Waals surface area contributed by atoms with E-state index in [9.17, 15) is 26.3 Å². The summed E-state index contributed by atoms with van der Waals surface area (Å²) in [6.45, 7) is 10.8. The Kier molecular flexibility index (Phi) is 5.46. The normalized spacial score (nSPS) is 18.6. The Balaban J connectivity index is 2.05. The molecule has 0 atom stereocenters. The Morgan fingerprint density at radius 3 is 1.16 bits per heavy atom. The lowest BCUT2D eigenvalue weighted by Crippen LogP contribution is -2.50. The quantitative estimate of drug-likeness (QED) is 0.438. The molecule has 1 aliphatic carbocycles. The van der Waals surface area contributed by atoms with E-state index in [1.54, 1.807) is 13.8 Å². The van der Waals surface area contributed by atoms with E-state index in [1.165, 1.54) is 48.5 Å². The van der Waals surface area contributed by atoms with E-state index < -0.39 is 29.3 Å². The summed E-state index contributed by atoms with van der Waals surface area (Å²) < 4.78 is 95.2. The summed E-state index contributed by atoms with van der Waals surface area (Å²) >= 11 is 0. The zero-order valence-corrected chi connectivity index (χ0v) is 16.6. The molecule has 0 saturated carbocycles. The molecule has 0 saturated heterocycles. The van der Waals surface area contributed by atoms with Gasteiger partial charge in [-0.15, -0.1) is 0 Å². The molecule has 0 fully saturated rings. The monoisotopic (exact) mass is 440 g/mol. The minimum absolute atomic E-state index is 0.341. The van der Waals surface area contributed by atoms with Gasteiger partial charge < -0.3 is 9.47 Å². The van der Waals surface area contributed by atoms with E-state index in [0.29, 0.717) is 22.3 Å². The number of ether oxygens (including phenoxy) is 2. The van der Waals surface area contributed by atoms with Crippen LogP contribution in [0.25, 0.3) is 11.1 Å².